The lowest BCUT2D eigenvalue weighted by Crippen LogP contribution is -2.43. The minimum atomic E-state index is 0.210. The SMILES string of the molecule is CC(=O)N(CC1CCCN1Cc1cc(-c2ccccc2)on1)C1CC1. The Bertz CT molecular complexity index is 724. The molecule has 1 aliphatic carbocycles. The van der Waals surface area contributed by atoms with Crippen LogP contribution < -0.4 is 0 Å². The van der Waals surface area contributed by atoms with Gasteiger partial charge in [0.25, 0.3) is 0 Å². The molecule has 1 saturated carbocycles. The molecule has 1 aromatic carbocycles. The smallest absolute Gasteiger partial charge is 0.219 e. The number of amides is 1. The fourth-order valence-electron chi connectivity index (χ4n) is 3.79. The molecule has 5 heteroatoms. The van der Waals surface area contributed by atoms with Crippen LogP contribution in [0.5, 0.6) is 0 Å². The molecule has 25 heavy (non-hydrogen) atoms. The van der Waals surface area contributed by atoms with Gasteiger partial charge in [-0.05, 0) is 32.2 Å². The zero-order valence-corrected chi connectivity index (χ0v) is 14.7. The summed E-state index contributed by atoms with van der Waals surface area (Å²) in [4.78, 5) is 16.4. The fourth-order valence-corrected chi connectivity index (χ4v) is 3.79. The van der Waals surface area contributed by atoms with Gasteiger partial charge in [0.05, 0.1) is 5.69 Å². The third kappa shape index (κ3) is 3.76. The van der Waals surface area contributed by atoms with Crippen molar-refractivity contribution in [2.45, 2.75) is 51.2 Å². The number of aromatic nitrogens is 1. The maximum atomic E-state index is 11.9. The number of carbonyl (C=O) groups excluding carboxylic acids is 1. The Hall–Kier alpha value is -2.14. The quantitative estimate of drug-likeness (QED) is 0.810. The second-order valence-electron chi connectivity index (χ2n) is 7.22. The van der Waals surface area contributed by atoms with Crippen LogP contribution in [0, 0.1) is 0 Å². The van der Waals surface area contributed by atoms with Gasteiger partial charge >= 0.3 is 0 Å². The van der Waals surface area contributed by atoms with Crippen LogP contribution in [-0.2, 0) is 11.3 Å². The Kier molecular flexibility index (Phi) is 4.57. The molecule has 1 aromatic heterocycles. The van der Waals surface area contributed by atoms with Gasteiger partial charge in [0.2, 0.25) is 5.91 Å². The van der Waals surface area contributed by atoms with Gasteiger partial charge in [-0.3, -0.25) is 9.69 Å². The minimum absolute atomic E-state index is 0.210. The summed E-state index contributed by atoms with van der Waals surface area (Å²) in [6.07, 6.45) is 4.66. The van der Waals surface area contributed by atoms with E-state index in [2.05, 4.69) is 15.0 Å². The lowest BCUT2D eigenvalue weighted by atomic mass is 10.1. The molecule has 1 saturated heterocycles. The number of hydrogen-bond donors (Lipinski definition) is 0. The lowest BCUT2D eigenvalue weighted by Gasteiger charge is -2.30. The molecule has 1 atom stereocenters. The van der Waals surface area contributed by atoms with Crippen LogP contribution >= 0.6 is 0 Å². The number of carbonyl (C=O) groups is 1. The number of nitrogens with zero attached hydrogens (tertiary/aromatic N) is 3. The van der Waals surface area contributed by atoms with E-state index in [-0.39, 0.29) is 5.91 Å². The molecule has 1 unspecified atom stereocenters. The molecule has 2 aromatic rings. The van der Waals surface area contributed by atoms with E-state index < -0.39 is 0 Å². The summed E-state index contributed by atoms with van der Waals surface area (Å²) >= 11 is 0. The van der Waals surface area contributed by atoms with E-state index in [1.165, 1.54) is 6.42 Å². The maximum absolute atomic E-state index is 11.9. The highest BCUT2D eigenvalue weighted by Gasteiger charge is 2.35. The van der Waals surface area contributed by atoms with Crippen LogP contribution in [0.3, 0.4) is 0 Å². The van der Waals surface area contributed by atoms with Crippen molar-refractivity contribution in [2.24, 2.45) is 0 Å². The first-order chi connectivity index (χ1) is 12.2. The van der Waals surface area contributed by atoms with Gasteiger partial charge in [-0.15, -0.1) is 0 Å². The summed E-state index contributed by atoms with van der Waals surface area (Å²) in [5.74, 6) is 1.02. The molecule has 0 N–H and O–H groups in total. The molecular formula is C20H25N3O2. The first-order valence-electron chi connectivity index (χ1n) is 9.23. The summed E-state index contributed by atoms with van der Waals surface area (Å²) in [7, 11) is 0. The van der Waals surface area contributed by atoms with Crippen molar-refractivity contribution in [3.05, 3.63) is 42.1 Å². The van der Waals surface area contributed by atoms with Crippen molar-refractivity contribution in [3.8, 4) is 11.3 Å². The van der Waals surface area contributed by atoms with Crippen LogP contribution in [0.25, 0.3) is 11.3 Å². The van der Waals surface area contributed by atoms with E-state index in [1.54, 1.807) is 6.92 Å². The largest absolute Gasteiger partial charge is 0.356 e. The Labute approximate surface area is 148 Å². The first kappa shape index (κ1) is 16.3. The van der Waals surface area contributed by atoms with E-state index in [0.29, 0.717) is 12.1 Å². The molecule has 0 spiro atoms. The van der Waals surface area contributed by atoms with Gasteiger partial charge in [-0.25, -0.2) is 0 Å². The summed E-state index contributed by atoms with van der Waals surface area (Å²) in [6, 6.07) is 13.0. The van der Waals surface area contributed by atoms with Crippen LogP contribution in [0.4, 0.5) is 0 Å². The Morgan fingerprint density at radius 1 is 1.28 bits per heavy atom. The van der Waals surface area contributed by atoms with Crippen molar-refractivity contribution in [1.82, 2.24) is 15.0 Å². The van der Waals surface area contributed by atoms with Gasteiger partial charge < -0.3 is 9.42 Å². The summed E-state index contributed by atoms with van der Waals surface area (Å²) in [6.45, 7) is 4.40. The summed E-state index contributed by atoms with van der Waals surface area (Å²) in [5, 5.41) is 4.26. The molecule has 0 bridgehead atoms. The third-order valence-corrected chi connectivity index (χ3v) is 5.28. The average molecular weight is 339 g/mol. The fraction of sp³-hybridized carbons (Fsp3) is 0.500. The molecule has 0 radical (unpaired) electrons. The Morgan fingerprint density at radius 2 is 2.08 bits per heavy atom. The van der Waals surface area contributed by atoms with Gasteiger partial charge in [0.1, 0.15) is 0 Å². The molecule has 1 amide bonds. The van der Waals surface area contributed by atoms with Crippen molar-refractivity contribution in [1.29, 1.82) is 0 Å². The van der Waals surface area contributed by atoms with Crippen LogP contribution in [0.1, 0.15) is 38.3 Å². The van der Waals surface area contributed by atoms with Gasteiger partial charge in [-0.1, -0.05) is 35.5 Å². The normalized spacial score (nSPS) is 20.8. The standard InChI is InChI=1S/C20H25N3O2/c1-15(24)23(18-9-10-18)14-19-8-5-11-22(19)13-17-12-20(25-21-17)16-6-3-2-4-7-16/h2-4,6-7,12,18-19H,5,8-11,13-14H2,1H3. The molecule has 132 valence electrons. The van der Waals surface area contributed by atoms with Crippen molar-refractivity contribution >= 4 is 5.91 Å². The Morgan fingerprint density at radius 3 is 2.80 bits per heavy atom. The van der Waals surface area contributed by atoms with Crippen molar-refractivity contribution in [3.63, 3.8) is 0 Å². The zero-order chi connectivity index (χ0) is 17.2. The predicted molar refractivity (Wildman–Crippen MR) is 95.8 cm³/mol. The highest BCUT2D eigenvalue weighted by molar-refractivity contribution is 5.74. The predicted octanol–water partition coefficient (Wildman–Crippen LogP) is 3.32. The van der Waals surface area contributed by atoms with Crippen LogP contribution in [0.15, 0.2) is 40.9 Å². The number of rotatable bonds is 6. The molecule has 1 aliphatic heterocycles. The maximum Gasteiger partial charge on any atom is 0.219 e. The van der Waals surface area contributed by atoms with E-state index in [0.717, 1.165) is 55.9 Å². The van der Waals surface area contributed by atoms with E-state index in [4.69, 9.17) is 4.52 Å². The highest BCUT2D eigenvalue weighted by atomic mass is 16.5. The highest BCUT2D eigenvalue weighted by Crippen LogP contribution is 2.30. The molecular weight excluding hydrogens is 314 g/mol. The summed E-state index contributed by atoms with van der Waals surface area (Å²) in [5.41, 5.74) is 2.02. The second kappa shape index (κ2) is 7.00. The van der Waals surface area contributed by atoms with Gasteiger partial charge in [-0.2, -0.15) is 0 Å². The van der Waals surface area contributed by atoms with Crippen molar-refractivity contribution in [2.75, 3.05) is 13.1 Å². The van der Waals surface area contributed by atoms with Gasteiger partial charge in [0, 0.05) is 43.7 Å². The summed E-state index contributed by atoms with van der Waals surface area (Å²) < 4.78 is 5.52. The second-order valence-corrected chi connectivity index (χ2v) is 7.22. The van der Waals surface area contributed by atoms with Crippen LogP contribution in [-0.4, -0.2) is 46.0 Å². The van der Waals surface area contributed by atoms with E-state index in [9.17, 15) is 4.79 Å². The molecule has 4 rings (SSSR count). The minimum Gasteiger partial charge on any atom is -0.356 e. The first-order valence-corrected chi connectivity index (χ1v) is 9.23. The number of hydrogen-bond acceptors (Lipinski definition) is 4. The monoisotopic (exact) mass is 339 g/mol. The molecule has 2 heterocycles. The zero-order valence-electron chi connectivity index (χ0n) is 14.7. The van der Waals surface area contributed by atoms with Crippen molar-refractivity contribution < 1.29 is 9.32 Å². The molecule has 2 fully saturated rings. The third-order valence-electron chi connectivity index (χ3n) is 5.28. The van der Waals surface area contributed by atoms with Crippen LogP contribution in [0.2, 0.25) is 0 Å². The number of likely N-dealkylation sites (tertiary alicyclic amines) is 1. The number of benzene rings is 1. The van der Waals surface area contributed by atoms with Gasteiger partial charge in [0.15, 0.2) is 5.76 Å². The topological polar surface area (TPSA) is 49.6 Å². The lowest BCUT2D eigenvalue weighted by molar-refractivity contribution is -0.130. The van der Waals surface area contributed by atoms with E-state index in [1.807, 2.05) is 36.4 Å². The molecule has 2 aliphatic rings. The Balaban J connectivity index is 1.41. The average Bonchev–Trinajstić information content (AvgIpc) is 3.19. The molecule has 5 nitrogen and oxygen atoms in total. The van der Waals surface area contributed by atoms with E-state index >= 15 is 0 Å².